The van der Waals surface area contributed by atoms with Crippen LogP contribution in [0, 0.1) is 5.82 Å². The lowest BCUT2D eigenvalue weighted by molar-refractivity contribution is -0.121. The molecule has 1 amide bonds. The number of carbonyl (C=O) groups excluding carboxylic acids is 1. The van der Waals surface area contributed by atoms with Crippen LogP contribution in [0.3, 0.4) is 0 Å². The summed E-state index contributed by atoms with van der Waals surface area (Å²) in [5, 5.41) is 8.91. The second-order valence-electron chi connectivity index (χ2n) is 7.40. The van der Waals surface area contributed by atoms with Crippen LogP contribution in [0.1, 0.15) is 33.3 Å². The number of hydrogen-bond acceptors (Lipinski definition) is 4. The van der Waals surface area contributed by atoms with Crippen molar-refractivity contribution in [1.82, 2.24) is 20.9 Å². The molecule has 2 rings (SSSR count). The van der Waals surface area contributed by atoms with Crippen LogP contribution in [0.5, 0.6) is 11.5 Å². The number of carbonyl (C=O) groups is 1. The zero-order valence-electron chi connectivity index (χ0n) is 17.7. The fourth-order valence-electron chi connectivity index (χ4n) is 2.40. The minimum Gasteiger partial charge on any atom is -0.453 e. The topological polar surface area (TPSA) is 87.6 Å². The Morgan fingerprint density at radius 2 is 2.00 bits per heavy atom. The molecule has 0 aliphatic rings. The van der Waals surface area contributed by atoms with Crippen LogP contribution in [-0.4, -0.2) is 35.5 Å². The number of amides is 1. The van der Waals surface area contributed by atoms with Crippen LogP contribution < -0.4 is 20.7 Å². The molecule has 9 heteroatoms. The number of benzene rings is 1. The molecule has 0 atom stereocenters. The molecule has 0 spiro atoms. The quantitative estimate of drug-likeness (QED) is 0.290. The maximum Gasteiger partial charge on any atom is 0.239 e. The first-order valence-electron chi connectivity index (χ1n) is 9.46. The van der Waals surface area contributed by atoms with Crippen LogP contribution in [-0.2, 0) is 11.3 Å². The predicted octanol–water partition coefficient (Wildman–Crippen LogP) is 3.60. The van der Waals surface area contributed by atoms with Gasteiger partial charge in [-0.2, -0.15) is 0 Å². The Balaban J connectivity index is 0.00000450. The number of pyridine rings is 1. The molecule has 0 saturated carbocycles. The fourth-order valence-corrected chi connectivity index (χ4v) is 2.40. The lowest BCUT2D eigenvalue weighted by Crippen LogP contribution is -2.48. The molecule has 0 bridgehead atoms. The fraction of sp³-hybridized carbons (Fsp3) is 0.381. The van der Waals surface area contributed by atoms with Crippen molar-refractivity contribution < 1.29 is 13.9 Å². The Morgan fingerprint density at radius 3 is 2.60 bits per heavy atom. The second kappa shape index (κ2) is 12.3. The zero-order chi connectivity index (χ0) is 21.3. The standard InChI is InChI=1S/C21H28FN5O2.HI/c1-5-24-20(26-14-19(28)27-21(2,3)4)25-12-15-8-9-18(17(22)11-15)29-16-7-6-10-23-13-16;/h6-11,13H,5,12,14H2,1-4H3,(H,27,28)(H2,24,25,26);1H. The van der Waals surface area contributed by atoms with E-state index in [-0.39, 0.29) is 54.3 Å². The molecule has 0 radical (unpaired) electrons. The highest BCUT2D eigenvalue weighted by Gasteiger charge is 2.13. The Morgan fingerprint density at radius 1 is 1.23 bits per heavy atom. The van der Waals surface area contributed by atoms with E-state index in [4.69, 9.17) is 4.74 Å². The van der Waals surface area contributed by atoms with E-state index in [1.807, 2.05) is 27.7 Å². The summed E-state index contributed by atoms with van der Waals surface area (Å²) in [4.78, 5) is 20.3. The lowest BCUT2D eigenvalue weighted by atomic mass is 10.1. The molecule has 0 aliphatic heterocycles. The van der Waals surface area contributed by atoms with E-state index in [1.54, 1.807) is 30.5 Å². The summed E-state index contributed by atoms with van der Waals surface area (Å²) in [5.41, 5.74) is 0.378. The van der Waals surface area contributed by atoms with E-state index in [2.05, 4.69) is 25.9 Å². The van der Waals surface area contributed by atoms with Gasteiger partial charge in [0, 0.05) is 18.3 Å². The normalized spacial score (nSPS) is 11.3. The largest absolute Gasteiger partial charge is 0.453 e. The monoisotopic (exact) mass is 529 g/mol. The summed E-state index contributed by atoms with van der Waals surface area (Å²) in [5.74, 6) is 0.446. The van der Waals surface area contributed by atoms with E-state index in [1.165, 1.54) is 12.3 Å². The number of guanidine groups is 1. The third kappa shape index (κ3) is 9.38. The van der Waals surface area contributed by atoms with Crippen LogP contribution in [0.4, 0.5) is 4.39 Å². The molecule has 164 valence electrons. The molecule has 1 heterocycles. The molecule has 3 N–H and O–H groups in total. The van der Waals surface area contributed by atoms with Crippen molar-refractivity contribution >= 4 is 35.8 Å². The van der Waals surface area contributed by atoms with Crippen LogP contribution in [0.15, 0.2) is 47.7 Å². The number of halogens is 2. The van der Waals surface area contributed by atoms with Crippen LogP contribution >= 0.6 is 24.0 Å². The first kappa shape index (κ1) is 25.6. The second-order valence-corrected chi connectivity index (χ2v) is 7.40. The molecule has 0 fully saturated rings. The molecule has 0 saturated heterocycles. The van der Waals surface area contributed by atoms with Crippen molar-refractivity contribution in [1.29, 1.82) is 0 Å². The molecule has 7 nitrogen and oxygen atoms in total. The van der Waals surface area contributed by atoms with Crippen molar-refractivity contribution in [2.45, 2.75) is 39.8 Å². The number of nitrogens with one attached hydrogen (secondary N) is 3. The van der Waals surface area contributed by atoms with Crippen LogP contribution in [0.25, 0.3) is 0 Å². The van der Waals surface area contributed by atoms with Gasteiger partial charge in [0.2, 0.25) is 5.91 Å². The maximum absolute atomic E-state index is 14.3. The highest BCUT2D eigenvalue weighted by Crippen LogP contribution is 2.24. The Kier molecular flexibility index (Phi) is 10.5. The summed E-state index contributed by atoms with van der Waals surface area (Å²) in [6.07, 6.45) is 3.13. The van der Waals surface area contributed by atoms with Crippen molar-refractivity contribution in [3.8, 4) is 11.5 Å². The number of nitrogens with zero attached hydrogens (tertiary/aromatic N) is 2. The summed E-state index contributed by atoms with van der Waals surface area (Å²) in [6, 6.07) is 8.10. The van der Waals surface area contributed by atoms with Crippen molar-refractivity contribution in [2.24, 2.45) is 4.99 Å². The van der Waals surface area contributed by atoms with E-state index >= 15 is 0 Å². The molecule has 1 aromatic heterocycles. The molecule has 1 aromatic carbocycles. The SMILES string of the molecule is CCNC(=NCc1ccc(Oc2cccnc2)c(F)c1)NCC(=O)NC(C)(C)C.I. The van der Waals surface area contributed by atoms with Gasteiger partial charge < -0.3 is 20.7 Å². The van der Waals surface area contributed by atoms with Gasteiger partial charge in [-0.25, -0.2) is 9.38 Å². The smallest absolute Gasteiger partial charge is 0.239 e. The van der Waals surface area contributed by atoms with Gasteiger partial charge in [-0.3, -0.25) is 9.78 Å². The number of ether oxygens (including phenoxy) is 1. The minimum atomic E-state index is -0.482. The number of hydrogen-bond donors (Lipinski definition) is 3. The zero-order valence-corrected chi connectivity index (χ0v) is 20.0. The van der Waals surface area contributed by atoms with E-state index < -0.39 is 5.82 Å². The maximum atomic E-state index is 14.3. The Bertz CT molecular complexity index is 841. The van der Waals surface area contributed by atoms with Gasteiger partial charge >= 0.3 is 0 Å². The van der Waals surface area contributed by atoms with E-state index in [0.29, 0.717) is 23.8 Å². The van der Waals surface area contributed by atoms with Gasteiger partial charge in [-0.1, -0.05) is 6.07 Å². The average molecular weight is 529 g/mol. The molecular weight excluding hydrogens is 500 g/mol. The summed E-state index contributed by atoms with van der Waals surface area (Å²) in [7, 11) is 0. The number of aromatic nitrogens is 1. The Labute approximate surface area is 193 Å². The van der Waals surface area contributed by atoms with Gasteiger partial charge in [-0.15, -0.1) is 24.0 Å². The van der Waals surface area contributed by atoms with Gasteiger partial charge in [0.25, 0.3) is 0 Å². The molecule has 30 heavy (non-hydrogen) atoms. The van der Waals surface area contributed by atoms with E-state index in [0.717, 1.165) is 0 Å². The van der Waals surface area contributed by atoms with Gasteiger partial charge in [0.05, 0.1) is 19.3 Å². The third-order valence-corrected chi connectivity index (χ3v) is 3.55. The highest BCUT2D eigenvalue weighted by atomic mass is 127. The van der Waals surface area contributed by atoms with Gasteiger partial charge in [0.1, 0.15) is 5.75 Å². The first-order valence-corrected chi connectivity index (χ1v) is 9.46. The Hall–Kier alpha value is -2.43. The highest BCUT2D eigenvalue weighted by molar-refractivity contribution is 14.0. The van der Waals surface area contributed by atoms with Gasteiger partial charge in [0.15, 0.2) is 17.5 Å². The summed E-state index contributed by atoms with van der Waals surface area (Å²) in [6.45, 7) is 8.66. The van der Waals surface area contributed by atoms with Crippen LogP contribution in [0.2, 0.25) is 0 Å². The first-order chi connectivity index (χ1) is 13.8. The van der Waals surface area contributed by atoms with Crippen molar-refractivity contribution in [2.75, 3.05) is 13.1 Å². The predicted molar refractivity (Wildman–Crippen MR) is 127 cm³/mol. The van der Waals surface area contributed by atoms with E-state index in [9.17, 15) is 9.18 Å². The van der Waals surface area contributed by atoms with Gasteiger partial charge in [-0.05, 0) is 57.5 Å². The van der Waals surface area contributed by atoms with Crippen molar-refractivity contribution in [3.63, 3.8) is 0 Å². The molecule has 0 unspecified atom stereocenters. The molecule has 2 aromatic rings. The number of aliphatic imine (C=N–C) groups is 1. The number of rotatable bonds is 7. The average Bonchev–Trinajstić information content (AvgIpc) is 2.65. The molecule has 0 aliphatic carbocycles. The summed E-state index contributed by atoms with van der Waals surface area (Å²) >= 11 is 0. The molecular formula is C21H29FIN5O2. The van der Waals surface area contributed by atoms with Crippen molar-refractivity contribution in [3.05, 3.63) is 54.1 Å². The summed E-state index contributed by atoms with van der Waals surface area (Å²) < 4.78 is 19.8. The third-order valence-electron chi connectivity index (χ3n) is 3.55. The minimum absolute atomic E-state index is 0. The lowest BCUT2D eigenvalue weighted by Gasteiger charge is -2.21.